The van der Waals surface area contributed by atoms with E-state index in [1.54, 1.807) is 12.1 Å². The summed E-state index contributed by atoms with van der Waals surface area (Å²) in [4.78, 5) is 2.44. The molecule has 1 saturated heterocycles. The third kappa shape index (κ3) is 3.47. The van der Waals surface area contributed by atoms with Crippen molar-refractivity contribution in [2.24, 2.45) is 0 Å². The van der Waals surface area contributed by atoms with E-state index in [0.717, 1.165) is 32.5 Å². The molecule has 100 valence electrons. The highest BCUT2D eigenvalue weighted by molar-refractivity contribution is 5.25. The molecule has 1 aliphatic rings. The number of rotatable bonds is 5. The SMILES string of the molecule is CC(CCc1ccc(O)cc1)N(C)C1CCOC1. The highest BCUT2D eigenvalue weighted by Gasteiger charge is 2.23. The first-order chi connectivity index (χ1) is 8.66. The van der Waals surface area contributed by atoms with Gasteiger partial charge in [-0.2, -0.15) is 0 Å². The summed E-state index contributed by atoms with van der Waals surface area (Å²) in [6.07, 6.45) is 3.34. The van der Waals surface area contributed by atoms with Crippen molar-refractivity contribution in [3.05, 3.63) is 29.8 Å². The fourth-order valence-electron chi connectivity index (χ4n) is 2.44. The van der Waals surface area contributed by atoms with E-state index in [4.69, 9.17) is 4.74 Å². The molecule has 1 aromatic rings. The quantitative estimate of drug-likeness (QED) is 0.870. The average Bonchev–Trinajstić information content (AvgIpc) is 2.90. The Bertz CT molecular complexity index is 357. The van der Waals surface area contributed by atoms with Crippen LogP contribution in [0.15, 0.2) is 24.3 Å². The summed E-state index contributed by atoms with van der Waals surface area (Å²) < 4.78 is 5.43. The lowest BCUT2D eigenvalue weighted by Gasteiger charge is -2.29. The standard InChI is InChI=1S/C15H23NO2/c1-12(16(2)14-9-10-18-11-14)3-4-13-5-7-15(17)8-6-13/h5-8,12,14,17H,3-4,9-11H2,1-2H3. The number of likely N-dealkylation sites (N-methyl/N-ethyl adjacent to an activating group) is 1. The summed E-state index contributed by atoms with van der Waals surface area (Å²) in [6, 6.07) is 8.66. The molecular formula is C15H23NO2. The lowest BCUT2D eigenvalue weighted by Crippen LogP contribution is -2.39. The van der Waals surface area contributed by atoms with Crippen molar-refractivity contribution in [1.29, 1.82) is 0 Å². The summed E-state index contributed by atoms with van der Waals surface area (Å²) in [5.41, 5.74) is 1.29. The number of phenols is 1. The van der Waals surface area contributed by atoms with Crippen molar-refractivity contribution < 1.29 is 9.84 Å². The van der Waals surface area contributed by atoms with Gasteiger partial charge in [-0.1, -0.05) is 12.1 Å². The van der Waals surface area contributed by atoms with Crippen molar-refractivity contribution >= 4 is 0 Å². The van der Waals surface area contributed by atoms with E-state index in [2.05, 4.69) is 18.9 Å². The predicted octanol–water partition coefficient (Wildman–Crippen LogP) is 2.43. The Morgan fingerprint density at radius 3 is 2.72 bits per heavy atom. The molecule has 0 amide bonds. The summed E-state index contributed by atoms with van der Waals surface area (Å²) in [5, 5.41) is 9.24. The van der Waals surface area contributed by atoms with Crippen molar-refractivity contribution in [1.82, 2.24) is 4.90 Å². The van der Waals surface area contributed by atoms with E-state index in [9.17, 15) is 5.11 Å². The van der Waals surface area contributed by atoms with Crippen molar-refractivity contribution in [2.45, 2.75) is 38.3 Å². The van der Waals surface area contributed by atoms with Crippen LogP contribution >= 0.6 is 0 Å². The third-order valence-corrected chi connectivity index (χ3v) is 3.96. The minimum absolute atomic E-state index is 0.340. The van der Waals surface area contributed by atoms with Crippen LogP contribution in [0.25, 0.3) is 0 Å². The zero-order valence-electron chi connectivity index (χ0n) is 11.3. The van der Waals surface area contributed by atoms with E-state index in [0.29, 0.717) is 17.8 Å². The maximum Gasteiger partial charge on any atom is 0.115 e. The highest BCUT2D eigenvalue weighted by atomic mass is 16.5. The molecule has 0 radical (unpaired) electrons. The van der Waals surface area contributed by atoms with Crippen LogP contribution in [0.1, 0.15) is 25.3 Å². The van der Waals surface area contributed by atoms with Crippen LogP contribution < -0.4 is 0 Å². The van der Waals surface area contributed by atoms with E-state index in [1.807, 2.05) is 12.1 Å². The van der Waals surface area contributed by atoms with Crippen LogP contribution in [-0.4, -0.2) is 42.4 Å². The molecule has 1 aliphatic heterocycles. The number of benzene rings is 1. The minimum Gasteiger partial charge on any atom is -0.508 e. The molecular weight excluding hydrogens is 226 g/mol. The van der Waals surface area contributed by atoms with E-state index < -0.39 is 0 Å². The van der Waals surface area contributed by atoms with Gasteiger partial charge in [0.15, 0.2) is 0 Å². The van der Waals surface area contributed by atoms with Crippen LogP contribution in [0.2, 0.25) is 0 Å². The summed E-state index contributed by atoms with van der Waals surface area (Å²) in [7, 11) is 2.20. The number of aromatic hydroxyl groups is 1. The van der Waals surface area contributed by atoms with E-state index >= 15 is 0 Å². The summed E-state index contributed by atoms with van der Waals surface area (Å²) in [6.45, 7) is 4.05. The first-order valence-electron chi connectivity index (χ1n) is 6.74. The fourth-order valence-corrected chi connectivity index (χ4v) is 2.44. The smallest absolute Gasteiger partial charge is 0.115 e. The predicted molar refractivity (Wildman–Crippen MR) is 72.9 cm³/mol. The Balaban J connectivity index is 1.80. The molecule has 1 fully saturated rings. The van der Waals surface area contributed by atoms with Crippen molar-refractivity contribution in [3.63, 3.8) is 0 Å². The second-order valence-corrected chi connectivity index (χ2v) is 5.24. The van der Waals surface area contributed by atoms with Gasteiger partial charge in [0, 0.05) is 18.7 Å². The number of aryl methyl sites for hydroxylation is 1. The van der Waals surface area contributed by atoms with Gasteiger partial charge in [0.1, 0.15) is 5.75 Å². The molecule has 0 spiro atoms. The first-order valence-corrected chi connectivity index (χ1v) is 6.74. The zero-order valence-corrected chi connectivity index (χ0v) is 11.3. The average molecular weight is 249 g/mol. The van der Waals surface area contributed by atoms with Crippen LogP contribution in [-0.2, 0) is 11.2 Å². The molecule has 1 heterocycles. The molecule has 1 aromatic carbocycles. The van der Waals surface area contributed by atoms with Gasteiger partial charge in [0.05, 0.1) is 6.61 Å². The molecule has 1 N–H and O–H groups in total. The van der Waals surface area contributed by atoms with Gasteiger partial charge < -0.3 is 9.84 Å². The van der Waals surface area contributed by atoms with Crippen molar-refractivity contribution in [2.75, 3.05) is 20.3 Å². The Morgan fingerprint density at radius 1 is 1.39 bits per heavy atom. The van der Waals surface area contributed by atoms with Gasteiger partial charge in [-0.05, 0) is 50.9 Å². The second kappa shape index (κ2) is 6.21. The molecule has 0 saturated carbocycles. The second-order valence-electron chi connectivity index (χ2n) is 5.24. The lowest BCUT2D eigenvalue weighted by molar-refractivity contribution is 0.134. The molecule has 0 aromatic heterocycles. The molecule has 2 unspecified atom stereocenters. The number of ether oxygens (including phenoxy) is 1. The largest absolute Gasteiger partial charge is 0.508 e. The Labute approximate surface area is 109 Å². The summed E-state index contributed by atoms with van der Waals surface area (Å²) in [5.74, 6) is 0.340. The van der Waals surface area contributed by atoms with Crippen LogP contribution in [0, 0.1) is 0 Å². The van der Waals surface area contributed by atoms with Gasteiger partial charge in [-0.15, -0.1) is 0 Å². The van der Waals surface area contributed by atoms with Gasteiger partial charge in [0.2, 0.25) is 0 Å². The number of hydrogen-bond acceptors (Lipinski definition) is 3. The van der Waals surface area contributed by atoms with Crippen LogP contribution in [0.4, 0.5) is 0 Å². The van der Waals surface area contributed by atoms with E-state index in [-0.39, 0.29) is 0 Å². The fraction of sp³-hybridized carbons (Fsp3) is 0.600. The third-order valence-electron chi connectivity index (χ3n) is 3.96. The Morgan fingerprint density at radius 2 is 2.11 bits per heavy atom. The number of nitrogens with zero attached hydrogens (tertiary/aromatic N) is 1. The number of phenolic OH excluding ortho intramolecular Hbond substituents is 1. The summed E-state index contributed by atoms with van der Waals surface area (Å²) >= 11 is 0. The Kier molecular flexibility index (Phi) is 4.61. The topological polar surface area (TPSA) is 32.7 Å². The number of hydrogen-bond donors (Lipinski definition) is 1. The minimum atomic E-state index is 0.340. The van der Waals surface area contributed by atoms with Gasteiger partial charge in [-0.3, -0.25) is 4.90 Å². The highest BCUT2D eigenvalue weighted by Crippen LogP contribution is 2.17. The zero-order chi connectivity index (χ0) is 13.0. The maximum absolute atomic E-state index is 9.24. The van der Waals surface area contributed by atoms with Gasteiger partial charge in [-0.25, -0.2) is 0 Å². The van der Waals surface area contributed by atoms with Crippen LogP contribution in [0.5, 0.6) is 5.75 Å². The van der Waals surface area contributed by atoms with E-state index in [1.165, 1.54) is 5.56 Å². The maximum atomic E-state index is 9.24. The molecule has 2 rings (SSSR count). The monoisotopic (exact) mass is 249 g/mol. The van der Waals surface area contributed by atoms with Gasteiger partial charge >= 0.3 is 0 Å². The molecule has 18 heavy (non-hydrogen) atoms. The Hall–Kier alpha value is -1.06. The van der Waals surface area contributed by atoms with Crippen LogP contribution in [0.3, 0.4) is 0 Å². The molecule has 3 nitrogen and oxygen atoms in total. The molecule has 0 bridgehead atoms. The van der Waals surface area contributed by atoms with Crippen molar-refractivity contribution in [3.8, 4) is 5.75 Å². The molecule has 2 atom stereocenters. The molecule has 3 heteroatoms. The normalized spacial score (nSPS) is 21.4. The lowest BCUT2D eigenvalue weighted by atomic mass is 10.0. The first kappa shape index (κ1) is 13.4. The van der Waals surface area contributed by atoms with Gasteiger partial charge in [0.25, 0.3) is 0 Å². The molecule has 0 aliphatic carbocycles.